The summed E-state index contributed by atoms with van der Waals surface area (Å²) in [5, 5.41) is 45.5. The summed E-state index contributed by atoms with van der Waals surface area (Å²) >= 11 is 5.92. The van der Waals surface area contributed by atoms with Crippen molar-refractivity contribution < 1.29 is 98.5 Å². The summed E-state index contributed by atoms with van der Waals surface area (Å²) in [7, 11) is -3.31. The van der Waals surface area contributed by atoms with Gasteiger partial charge in [0.05, 0.1) is 47.9 Å². The van der Waals surface area contributed by atoms with E-state index in [1.54, 1.807) is 31.2 Å². The number of hydrogen-bond donors (Lipinski definition) is 11. The number of nitrogens with one attached hydrogen (secondary N) is 1. The number of primary amides is 6. The molecule has 16 atom stereocenters. The van der Waals surface area contributed by atoms with E-state index < -0.39 is 155 Å². The van der Waals surface area contributed by atoms with Crippen LogP contribution in [-0.2, 0) is 92.7 Å². The van der Waals surface area contributed by atoms with Crippen molar-refractivity contribution in [1.29, 1.82) is 5.26 Å². The number of allylic oxidation sites excluding steroid dienone is 6. The van der Waals surface area contributed by atoms with Crippen LogP contribution < -0.4 is 55.2 Å². The molecule has 5 aromatic carbocycles. The fraction of sp³-hybridized carbons (Fsp3) is 0.490. The van der Waals surface area contributed by atoms with Crippen molar-refractivity contribution in [3.05, 3.63) is 206 Å². The quantitative estimate of drug-likeness (QED) is 0.00989. The number of imidazole rings is 1. The Morgan fingerprint density at radius 1 is 0.741 bits per heavy atom. The number of carbonyl (C=O) groups excluding carboxylic acids is 8. The number of aliphatic carboxylic acids is 1. The Morgan fingerprint density at radius 3 is 1.88 bits per heavy atom. The van der Waals surface area contributed by atoms with E-state index in [0.717, 1.165) is 49.0 Å². The molecule has 2 fully saturated rings. The van der Waals surface area contributed by atoms with Gasteiger partial charge < -0.3 is 106 Å². The number of halogens is 1. The average molecular weight is 1940 g/mol. The molecule has 1 unspecified atom stereocenters. The number of likely N-dealkylation sites (N-methyl/N-ethyl adjacent to an activating group) is 1. The van der Waals surface area contributed by atoms with Crippen molar-refractivity contribution in [3.63, 3.8) is 0 Å². The van der Waals surface area contributed by atoms with E-state index in [2.05, 4.69) is 68.6 Å². The SMILES string of the molecule is C/C1=C2/[N-][C@H]([C@H](CC(N)=O)[C@@]2(C)CCC(=O)NC[C@@H](C)OP(=O)([O-])O[C@H]2[C@@H](O)[C@@H](n3cnc4cc(C)c(C)cc43)O[C@@H]2CO)[C@]2(C)N=C(/C(C)=C3N=C(/C=C4N=C1[C@@H](CCC(N)=O)C\4(C)C)[C@@H](CCC(N)=O)[C@]\3(C)CC(N)=O)[C@@H](CCC(N)=O)[C@]2(C)CC(N)=O.CN(CCCN1c2ccccc2CCc2ccccc21)CC(=O)c1ccc(Cl)cc1.N[C@@H](Cc1ccccc1)C(=O)O.[C-]#N.[Co+3]. The molecule has 7 amide bonds. The molecular weight excluding hydrogens is 1810 g/mol. The summed E-state index contributed by atoms with van der Waals surface area (Å²) in [4.78, 5) is 155. The van der Waals surface area contributed by atoms with Crippen LogP contribution in [0.2, 0.25) is 5.02 Å². The van der Waals surface area contributed by atoms with E-state index in [1.807, 2.05) is 118 Å². The summed E-state index contributed by atoms with van der Waals surface area (Å²) in [6.45, 7) is 25.9. The summed E-state index contributed by atoms with van der Waals surface area (Å²) in [6.07, 6.45) is -1.29. The third-order valence-electron chi connectivity index (χ3n) is 27.8. The predicted molar refractivity (Wildman–Crippen MR) is 508 cm³/mol. The van der Waals surface area contributed by atoms with Gasteiger partial charge >= 0.3 is 22.7 Å². The maximum Gasteiger partial charge on any atom is 3.00 e. The second-order valence-corrected chi connectivity index (χ2v) is 39.3. The van der Waals surface area contributed by atoms with Crippen LogP contribution in [0, 0.1) is 71.0 Å². The van der Waals surface area contributed by atoms with Gasteiger partial charge in [-0.1, -0.05) is 119 Å². The van der Waals surface area contributed by atoms with Crippen molar-refractivity contribution in [1.82, 2.24) is 19.8 Å². The molecule has 135 heavy (non-hydrogen) atoms. The number of para-hydroxylation sites is 2. The second kappa shape index (κ2) is 45.3. The molecule has 8 heterocycles. The Kier molecular flexibility index (Phi) is 36.2. The van der Waals surface area contributed by atoms with E-state index in [1.165, 1.54) is 40.3 Å². The number of phosphoric ester groups is 1. The number of carboxylic acid groups (broad SMARTS) is 1. The van der Waals surface area contributed by atoms with Crippen molar-refractivity contribution >= 4 is 112 Å². The molecule has 37 heteroatoms. The number of aliphatic hydroxyl groups is 2. The van der Waals surface area contributed by atoms with Crippen LogP contribution in [0.1, 0.15) is 184 Å². The first-order valence-electron chi connectivity index (χ1n) is 45.0. The van der Waals surface area contributed by atoms with Gasteiger partial charge in [-0.05, 0) is 205 Å². The Balaban J connectivity index is 0.000000368. The van der Waals surface area contributed by atoms with Crippen LogP contribution in [0.5, 0.6) is 0 Å². The molecule has 34 nitrogen and oxygen atoms in total. The van der Waals surface area contributed by atoms with Crippen LogP contribution in [0.3, 0.4) is 0 Å². The molecule has 6 aromatic rings. The molecule has 0 aliphatic carbocycles. The number of aromatic nitrogens is 2. The van der Waals surface area contributed by atoms with E-state index in [0.29, 0.717) is 80.0 Å². The smallest absolute Gasteiger partial charge is 0.756 e. The Hall–Kier alpha value is -11.0. The Bertz CT molecular complexity index is 5640. The van der Waals surface area contributed by atoms with Crippen molar-refractivity contribution in [2.75, 3.05) is 44.7 Å². The molecule has 726 valence electrons. The van der Waals surface area contributed by atoms with E-state index in [-0.39, 0.29) is 99.7 Å². The van der Waals surface area contributed by atoms with Crippen LogP contribution in [0.25, 0.3) is 16.4 Å². The second-order valence-electron chi connectivity index (χ2n) is 37.6. The summed E-state index contributed by atoms with van der Waals surface area (Å²) in [5.41, 5.74) is 49.1. The number of fused-ring (bicyclic) bond motifs is 9. The third-order valence-corrected chi connectivity index (χ3v) is 29.2. The number of carboxylic acids is 1. The maximum atomic E-state index is 14.4. The minimum Gasteiger partial charge on any atom is -0.756 e. The minimum atomic E-state index is -5.32. The number of Topliss-reactive ketones (excluding diaryl/α,β-unsaturated/α-hetero) is 1. The monoisotopic (exact) mass is 1940 g/mol. The number of aryl methyl sites for hydroxylation is 4. The number of ether oxygens (including phenoxy) is 1. The van der Waals surface area contributed by atoms with Gasteiger partial charge in [-0.2, -0.15) is 5.70 Å². The van der Waals surface area contributed by atoms with Crippen LogP contribution in [0.4, 0.5) is 11.4 Å². The number of aliphatic hydroxyl groups excluding tert-OH is 2. The zero-order valence-electron chi connectivity index (χ0n) is 78.4. The minimum absolute atomic E-state index is 0. The molecule has 2 saturated heterocycles. The van der Waals surface area contributed by atoms with E-state index in [9.17, 15) is 62.8 Å². The Morgan fingerprint density at radius 2 is 1.31 bits per heavy atom. The fourth-order valence-electron chi connectivity index (χ4n) is 20.4. The van der Waals surface area contributed by atoms with Crippen LogP contribution in [-0.4, -0.2) is 182 Å². The Labute approximate surface area is 803 Å². The number of benzene rings is 5. The van der Waals surface area contributed by atoms with Crippen LogP contribution in [0.15, 0.2) is 171 Å². The summed E-state index contributed by atoms with van der Waals surface area (Å²) in [5.74, 6) is -8.24. The first-order valence-corrected chi connectivity index (χ1v) is 46.8. The maximum absolute atomic E-state index is 14.4. The summed E-state index contributed by atoms with van der Waals surface area (Å²) in [6, 6.07) is 35.8. The predicted octanol–water partition coefficient (Wildman–Crippen LogP) is 9.83. The molecule has 7 aliphatic rings. The van der Waals surface area contributed by atoms with E-state index in [4.69, 9.17) is 103 Å². The number of hydrogen-bond acceptors (Lipinski definition) is 24. The van der Waals surface area contributed by atoms with Gasteiger partial charge in [0.2, 0.25) is 41.4 Å². The zero-order valence-corrected chi connectivity index (χ0v) is 81.1. The van der Waals surface area contributed by atoms with Gasteiger partial charge in [0.1, 0.15) is 24.4 Å². The number of carbonyl (C=O) groups is 9. The fourth-order valence-corrected chi connectivity index (χ4v) is 21.7. The molecule has 0 spiro atoms. The van der Waals surface area contributed by atoms with Crippen molar-refractivity contribution in [2.45, 2.75) is 221 Å². The zero-order chi connectivity index (χ0) is 98.6. The van der Waals surface area contributed by atoms with E-state index >= 15 is 0 Å². The number of aliphatic imine (C=N–C) groups is 3. The van der Waals surface area contributed by atoms with Gasteiger partial charge in [-0.3, -0.25) is 67.6 Å². The van der Waals surface area contributed by atoms with Crippen molar-refractivity contribution in [2.24, 2.45) is 100 Å². The number of rotatable bonds is 36. The first kappa shape index (κ1) is 108. The molecule has 18 N–H and O–H groups in total. The standard InChI is InChI=1S/C62H90N13O14P.C26H27ClN2O.C9H11NO2.CN.Co/c1-29-20-39-40(21-30(29)2)75(28-70-39)57-52(84)53(41(27-76)87-57)89-90(85,86)88-31(3)26-69-49(83)18-19-59(8)37(22-46(66)80)56-62(11)61(10,25-48(68)82)36(14-17-45(65)79)51(74-62)33(5)55-60(9,24-47(67)81)34(12-15-43(63)77)38(71-55)23-42-58(6,7)35(13-16-44(64)78)50(72-42)32(4)54(59)73-56;1-28(19-26(30)22-13-15-23(27)16-14-22)17-6-18-29-24-9-4-2-7-20(24)11-12-21-8-3-5-10-25(21)29;10-8(9(11)12)6-7-4-2-1-3-5-7;1-2;/h20-21,23,28,31,34-37,41,52-53,56-57,76,84H,12-19,22,24-27H2,1-11H3,(H15,63,64,65,66,67,68,69,71,72,73,74,77,78,79,80,81,82,83,85,86);2-5,7-10,13-16H,6,11-12,17-19H2,1H3;1-5,8H,6,10H2,(H,11,12);;/q;;;-1;+3/p-2/t31-,34-,35-,36-,37+,41-,52-,53-,56-,57+,59-,60+,61+,62+;;8-;;/m1.0../s1. The van der Waals surface area contributed by atoms with Gasteiger partial charge in [0.25, 0.3) is 7.82 Å². The van der Waals surface area contributed by atoms with Crippen LogP contribution >= 0.6 is 19.4 Å². The largest absolute Gasteiger partial charge is 3.00 e. The number of nitrogens with zero attached hydrogens (tertiary/aromatic N) is 9. The van der Waals surface area contributed by atoms with Gasteiger partial charge in [-0.25, -0.2) is 4.98 Å². The molecule has 1 aromatic heterocycles. The molecule has 8 bridgehead atoms. The normalized spacial score (nSPS) is 26.8. The van der Waals surface area contributed by atoms with Crippen molar-refractivity contribution in [3.8, 4) is 0 Å². The third kappa shape index (κ3) is 24.5. The van der Waals surface area contributed by atoms with Gasteiger partial charge in [0.15, 0.2) is 12.0 Å². The molecule has 7 aliphatic heterocycles. The number of ketones is 1. The topological polar surface area (TPSA) is 576 Å². The van der Waals surface area contributed by atoms with Gasteiger partial charge in [-0.15, -0.1) is 0 Å². The van der Waals surface area contributed by atoms with Gasteiger partial charge in [0, 0.05) is 143 Å². The molecule has 0 radical (unpaired) electrons. The summed E-state index contributed by atoms with van der Waals surface area (Å²) < 4.78 is 31.9. The number of anilines is 2. The first-order chi connectivity index (χ1) is 63.1. The number of nitrogens with two attached hydrogens (primary N) is 7. The molecule has 0 saturated carbocycles. The number of amides is 7. The molecule has 13 rings (SSSR count). The number of phosphoric acid groups is 1. The average Bonchev–Trinajstić information content (AvgIpc) is 1.52. The molecular formula is C98H126ClCoN17O17P.